The Bertz CT molecular complexity index is 1050. The topological polar surface area (TPSA) is 40.5 Å². The third-order valence-electron chi connectivity index (χ3n) is 6.59. The Kier molecular flexibility index (Phi) is 8.13. The average Bonchev–Trinajstić information content (AvgIpc) is 2.76. The van der Waals surface area contributed by atoms with Gasteiger partial charge >= 0.3 is 18.3 Å². The van der Waals surface area contributed by atoms with Crippen molar-refractivity contribution in [2.45, 2.75) is 64.8 Å². The zero-order chi connectivity index (χ0) is 26.9. The summed E-state index contributed by atoms with van der Waals surface area (Å²) in [6, 6.07) is 9.52. The summed E-state index contributed by atoms with van der Waals surface area (Å²) in [5.41, 5.74) is 1.36. The SMILES string of the molecule is CC(C)(C)C[C@H](c1ccc(CC(=O)O)cc1-c1ccc(C(F)(F)F)cc1)N1CCC(C(F)(F)F)CC1. The molecule has 3 rings (SSSR count). The van der Waals surface area contributed by atoms with Crippen LogP contribution >= 0.6 is 0 Å². The Balaban J connectivity index is 2.06. The van der Waals surface area contributed by atoms with Crippen LogP contribution < -0.4 is 0 Å². The third-order valence-corrected chi connectivity index (χ3v) is 6.59. The van der Waals surface area contributed by atoms with E-state index in [1.807, 2.05) is 25.7 Å². The Hall–Kier alpha value is -2.55. The van der Waals surface area contributed by atoms with Crippen molar-refractivity contribution in [3.8, 4) is 11.1 Å². The number of hydrogen-bond acceptors (Lipinski definition) is 2. The number of benzene rings is 2. The molecule has 2 aromatic carbocycles. The van der Waals surface area contributed by atoms with Gasteiger partial charge in [0.15, 0.2) is 0 Å². The molecule has 0 unspecified atom stereocenters. The first-order chi connectivity index (χ1) is 16.5. The number of rotatable bonds is 6. The van der Waals surface area contributed by atoms with Crippen LogP contribution in [-0.2, 0) is 17.4 Å². The molecule has 3 nitrogen and oxygen atoms in total. The molecule has 1 aliphatic heterocycles. The summed E-state index contributed by atoms with van der Waals surface area (Å²) >= 11 is 0. The molecule has 0 radical (unpaired) electrons. The van der Waals surface area contributed by atoms with Gasteiger partial charge in [-0.25, -0.2) is 0 Å². The average molecular weight is 516 g/mol. The molecule has 0 bridgehead atoms. The molecule has 0 spiro atoms. The van der Waals surface area contributed by atoms with Gasteiger partial charge < -0.3 is 5.11 Å². The highest BCUT2D eigenvalue weighted by atomic mass is 19.4. The summed E-state index contributed by atoms with van der Waals surface area (Å²) in [7, 11) is 0. The Morgan fingerprint density at radius 2 is 1.56 bits per heavy atom. The van der Waals surface area contributed by atoms with Crippen molar-refractivity contribution in [3.63, 3.8) is 0 Å². The van der Waals surface area contributed by atoms with Gasteiger partial charge in [-0.3, -0.25) is 9.69 Å². The van der Waals surface area contributed by atoms with Crippen LogP contribution in [0.4, 0.5) is 26.3 Å². The smallest absolute Gasteiger partial charge is 0.416 e. The molecule has 1 fully saturated rings. The van der Waals surface area contributed by atoms with Gasteiger partial charge in [-0.1, -0.05) is 51.1 Å². The Morgan fingerprint density at radius 3 is 2.03 bits per heavy atom. The van der Waals surface area contributed by atoms with E-state index in [0.717, 1.165) is 17.7 Å². The molecule has 0 amide bonds. The summed E-state index contributed by atoms with van der Waals surface area (Å²) in [6.07, 6.45) is -8.42. The van der Waals surface area contributed by atoms with Crippen molar-refractivity contribution in [1.82, 2.24) is 4.90 Å². The van der Waals surface area contributed by atoms with E-state index in [2.05, 4.69) is 0 Å². The van der Waals surface area contributed by atoms with Crippen LogP contribution in [0.3, 0.4) is 0 Å². The number of carboxylic acid groups (broad SMARTS) is 1. The molecule has 1 saturated heterocycles. The maximum absolute atomic E-state index is 13.3. The van der Waals surface area contributed by atoms with Crippen molar-refractivity contribution in [2.75, 3.05) is 13.1 Å². The monoisotopic (exact) mass is 515 g/mol. The van der Waals surface area contributed by atoms with Crippen molar-refractivity contribution < 1.29 is 36.2 Å². The predicted molar refractivity (Wildman–Crippen MR) is 125 cm³/mol. The molecular weight excluding hydrogens is 484 g/mol. The number of aliphatic carboxylic acids is 1. The van der Waals surface area contributed by atoms with Crippen molar-refractivity contribution >= 4 is 5.97 Å². The normalized spacial score (nSPS) is 17.2. The van der Waals surface area contributed by atoms with E-state index in [1.165, 1.54) is 12.1 Å². The van der Waals surface area contributed by atoms with Crippen LogP contribution in [0.1, 0.15) is 62.8 Å². The molecule has 2 aromatic rings. The summed E-state index contributed by atoms with van der Waals surface area (Å²) in [5.74, 6) is -2.39. The van der Waals surface area contributed by atoms with E-state index in [-0.39, 0.29) is 43.8 Å². The van der Waals surface area contributed by atoms with Gasteiger partial charge in [0.2, 0.25) is 0 Å². The fourth-order valence-electron chi connectivity index (χ4n) is 4.82. The largest absolute Gasteiger partial charge is 0.481 e. The summed E-state index contributed by atoms with van der Waals surface area (Å²) < 4.78 is 79.2. The zero-order valence-electron chi connectivity index (χ0n) is 20.5. The van der Waals surface area contributed by atoms with Gasteiger partial charge in [0, 0.05) is 6.04 Å². The molecule has 9 heteroatoms. The molecule has 1 heterocycles. The lowest BCUT2D eigenvalue weighted by atomic mass is 9.81. The highest BCUT2D eigenvalue weighted by Crippen LogP contribution is 2.43. The maximum atomic E-state index is 13.3. The Morgan fingerprint density at radius 1 is 0.972 bits per heavy atom. The lowest BCUT2D eigenvalue weighted by Gasteiger charge is -2.41. The van der Waals surface area contributed by atoms with E-state index in [1.54, 1.807) is 18.2 Å². The minimum atomic E-state index is -4.50. The molecule has 0 aromatic heterocycles. The van der Waals surface area contributed by atoms with Crippen LogP contribution in [0, 0.1) is 11.3 Å². The number of halogens is 6. The number of likely N-dealkylation sites (tertiary alicyclic amines) is 1. The van der Waals surface area contributed by atoms with Gasteiger partial charge in [-0.2, -0.15) is 26.3 Å². The van der Waals surface area contributed by atoms with Crippen molar-refractivity contribution in [3.05, 3.63) is 59.2 Å². The second-order valence-corrected chi connectivity index (χ2v) is 10.7. The first-order valence-corrected chi connectivity index (χ1v) is 11.9. The van der Waals surface area contributed by atoms with Crippen molar-refractivity contribution in [1.29, 1.82) is 0 Å². The zero-order valence-corrected chi connectivity index (χ0v) is 20.5. The number of piperidine rings is 1. The van der Waals surface area contributed by atoms with E-state index < -0.39 is 29.8 Å². The van der Waals surface area contributed by atoms with Crippen LogP contribution in [0.2, 0.25) is 0 Å². The summed E-state index contributed by atoms with van der Waals surface area (Å²) in [5, 5.41) is 9.25. The molecule has 0 saturated carbocycles. The van der Waals surface area contributed by atoms with Crippen LogP contribution in [0.15, 0.2) is 42.5 Å². The number of nitrogens with zero attached hydrogens (tertiary/aromatic N) is 1. The van der Waals surface area contributed by atoms with E-state index >= 15 is 0 Å². The van der Waals surface area contributed by atoms with Gasteiger partial charge in [0.1, 0.15) is 0 Å². The fraction of sp³-hybridized carbons (Fsp3) is 0.519. The van der Waals surface area contributed by atoms with Gasteiger partial charge in [0.05, 0.1) is 17.9 Å². The van der Waals surface area contributed by atoms with Crippen LogP contribution in [0.25, 0.3) is 11.1 Å². The van der Waals surface area contributed by atoms with E-state index in [0.29, 0.717) is 23.1 Å². The molecule has 1 atom stereocenters. The van der Waals surface area contributed by atoms with E-state index in [9.17, 15) is 36.2 Å². The number of alkyl halides is 6. The lowest BCUT2D eigenvalue weighted by molar-refractivity contribution is -0.186. The highest BCUT2D eigenvalue weighted by Gasteiger charge is 2.42. The number of hydrogen-bond donors (Lipinski definition) is 1. The third kappa shape index (κ3) is 7.24. The molecule has 1 N–H and O–H groups in total. The number of carboxylic acids is 1. The molecule has 36 heavy (non-hydrogen) atoms. The standard InChI is InChI=1S/C27H31F6NO2/c1-25(2,3)16-23(34-12-10-20(11-13-34)27(31,32)33)21-9-4-17(15-24(35)36)14-22(21)18-5-7-19(8-6-18)26(28,29)30/h4-9,14,20,23H,10-13,15-16H2,1-3H3,(H,35,36)/t23-/m1/s1. The molecule has 0 aliphatic carbocycles. The molecular formula is C27H31F6NO2. The first kappa shape index (κ1) is 28.0. The summed E-state index contributed by atoms with van der Waals surface area (Å²) in [4.78, 5) is 13.3. The minimum Gasteiger partial charge on any atom is -0.481 e. The van der Waals surface area contributed by atoms with Gasteiger partial charge in [0.25, 0.3) is 0 Å². The lowest BCUT2D eigenvalue weighted by Crippen LogP contribution is -2.42. The minimum absolute atomic E-state index is 0.0170. The molecule has 1 aliphatic rings. The first-order valence-electron chi connectivity index (χ1n) is 11.9. The van der Waals surface area contributed by atoms with Crippen molar-refractivity contribution in [2.24, 2.45) is 11.3 Å². The van der Waals surface area contributed by atoms with E-state index in [4.69, 9.17) is 0 Å². The fourth-order valence-corrected chi connectivity index (χ4v) is 4.82. The highest BCUT2D eigenvalue weighted by molar-refractivity contribution is 5.74. The summed E-state index contributed by atoms with van der Waals surface area (Å²) in [6.45, 7) is 6.57. The maximum Gasteiger partial charge on any atom is 0.416 e. The second-order valence-electron chi connectivity index (χ2n) is 10.7. The van der Waals surface area contributed by atoms with Crippen LogP contribution in [0.5, 0.6) is 0 Å². The quantitative estimate of drug-likeness (QED) is 0.400. The van der Waals surface area contributed by atoms with Crippen LogP contribution in [-0.4, -0.2) is 35.2 Å². The molecule has 198 valence electrons. The van der Waals surface area contributed by atoms with Gasteiger partial charge in [-0.15, -0.1) is 0 Å². The number of carbonyl (C=O) groups is 1. The predicted octanol–water partition coefficient (Wildman–Crippen LogP) is 7.75. The van der Waals surface area contributed by atoms with Gasteiger partial charge in [-0.05, 0) is 72.2 Å². The Labute approximate surface area is 207 Å². The second kappa shape index (κ2) is 10.4.